The minimum absolute atomic E-state index is 0. The van der Waals surface area contributed by atoms with Crippen molar-refractivity contribution in [2.45, 2.75) is 12.0 Å². The molecule has 6 nitrogen and oxygen atoms in total. The van der Waals surface area contributed by atoms with Gasteiger partial charge in [0, 0.05) is 56.6 Å². The lowest BCUT2D eigenvalue weighted by Crippen LogP contribution is -2.51. The van der Waals surface area contributed by atoms with Crippen molar-refractivity contribution in [3.05, 3.63) is 102 Å². The van der Waals surface area contributed by atoms with Crippen molar-refractivity contribution in [3.8, 4) is 6.07 Å². The van der Waals surface area contributed by atoms with Crippen molar-refractivity contribution in [1.29, 1.82) is 5.26 Å². The molecule has 0 radical (unpaired) electrons. The van der Waals surface area contributed by atoms with Gasteiger partial charge in [0.2, 0.25) is 5.91 Å². The van der Waals surface area contributed by atoms with E-state index in [0.29, 0.717) is 39.3 Å². The van der Waals surface area contributed by atoms with Gasteiger partial charge in [0.25, 0.3) is 0 Å². The van der Waals surface area contributed by atoms with Gasteiger partial charge in [0.1, 0.15) is 6.04 Å². The van der Waals surface area contributed by atoms with Crippen molar-refractivity contribution in [2.75, 3.05) is 39.3 Å². The van der Waals surface area contributed by atoms with Gasteiger partial charge in [-0.15, -0.1) is 12.4 Å². The molecular weight excluding hydrogens is 446 g/mol. The van der Waals surface area contributed by atoms with Crippen LogP contribution in [0.4, 0.5) is 0 Å². The van der Waals surface area contributed by atoms with Crippen LogP contribution >= 0.6 is 12.4 Å². The third-order valence-electron chi connectivity index (χ3n) is 6.18. The molecule has 1 aromatic heterocycles. The first-order chi connectivity index (χ1) is 16.3. The van der Waals surface area contributed by atoms with E-state index in [1.807, 2.05) is 29.2 Å². The highest BCUT2D eigenvalue weighted by molar-refractivity contribution is 5.85. The standard InChI is InChI=1S/C27H29N5O.ClH/c28-18-26(24-12-7-13-29-19-24)31-14-16-32(17-15-31)27(33)21-30-20-25(22-8-3-1-4-9-22)23-10-5-2-6-11-23;/h1-13,19,25-26,30H,14-17,20-21H2;1H. The fourth-order valence-electron chi connectivity index (χ4n) is 4.37. The van der Waals surface area contributed by atoms with Crippen LogP contribution in [0.5, 0.6) is 0 Å². The van der Waals surface area contributed by atoms with E-state index in [2.05, 4.69) is 69.8 Å². The number of halogens is 1. The molecule has 2 aromatic carbocycles. The first-order valence-corrected chi connectivity index (χ1v) is 11.4. The summed E-state index contributed by atoms with van der Waals surface area (Å²) in [4.78, 5) is 21.0. The van der Waals surface area contributed by atoms with Crippen LogP contribution < -0.4 is 5.32 Å². The van der Waals surface area contributed by atoms with E-state index < -0.39 is 0 Å². The average Bonchev–Trinajstić information content (AvgIpc) is 2.89. The molecule has 1 N–H and O–H groups in total. The summed E-state index contributed by atoms with van der Waals surface area (Å²) < 4.78 is 0. The average molecular weight is 476 g/mol. The Balaban J connectivity index is 0.00000324. The van der Waals surface area contributed by atoms with Gasteiger partial charge in [0.15, 0.2) is 0 Å². The number of hydrogen-bond acceptors (Lipinski definition) is 5. The Labute approximate surface area is 207 Å². The second-order valence-electron chi connectivity index (χ2n) is 8.24. The fraction of sp³-hybridized carbons (Fsp3) is 0.296. The van der Waals surface area contributed by atoms with Crippen molar-refractivity contribution in [1.82, 2.24) is 20.1 Å². The quantitative estimate of drug-likeness (QED) is 0.538. The number of pyridine rings is 1. The normalized spacial score (nSPS) is 14.8. The molecule has 2 heterocycles. The zero-order chi connectivity index (χ0) is 22.9. The fourth-order valence-corrected chi connectivity index (χ4v) is 4.37. The zero-order valence-electron chi connectivity index (χ0n) is 19.1. The van der Waals surface area contributed by atoms with Gasteiger partial charge in [-0.2, -0.15) is 5.26 Å². The van der Waals surface area contributed by atoms with Gasteiger partial charge in [0.05, 0.1) is 12.6 Å². The molecule has 4 rings (SSSR count). The topological polar surface area (TPSA) is 72.3 Å². The minimum Gasteiger partial charge on any atom is -0.339 e. The van der Waals surface area contributed by atoms with Crippen LogP contribution in [0.3, 0.4) is 0 Å². The first kappa shape index (κ1) is 25.4. The molecule has 1 aliphatic rings. The number of amides is 1. The first-order valence-electron chi connectivity index (χ1n) is 11.4. The molecular formula is C27H30ClN5O. The summed E-state index contributed by atoms with van der Waals surface area (Å²) >= 11 is 0. The van der Waals surface area contributed by atoms with Crippen LogP contribution in [0, 0.1) is 11.3 Å². The van der Waals surface area contributed by atoms with E-state index in [-0.39, 0.29) is 30.3 Å². The monoisotopic (exact) mass is 475 g/mol. The van der Waals surface area contributed by atoms with Crippen LogP contribution in [0.15, 0.2) is 85.2 Å². The van der Waals surface area contributed by atoms with Crippen molar-refractivity contribution in [3.63, 3.8) is 0 Å². The number of piperazine rings is 1. The molecule has 34 heavy (non-hydrogen) atoms. The molecule has 1 unspecified atom stereocenters. The van der Waals surface area contributed by atoms with Gasteiger partial charge in [-0.25, -0.2) is 0 Å². The summed E-state index contributed by atoms with van der Waals surface area (Å²) in [5.74, 6) is 0.289. The van der Waals surface area contributed by atoms with E-state index in [4.69, 9.17) is 0 Å². The van der Waals surface area contributed by atoms with Crippen LogP contribution in [0.2, 0.25) is 0 Å². The number of nitriles is 1. The van der Waals surface area contributed by atoms with E-state index in [9.17, 15) is 10.1 Å². The largest absolute Gasteiger partial charge is 0.339 e. The van der Waals surface area contributed by atoms with Gasteiger partial charge >= 0.3 is 0 Å². The molecule has 0 saturated carbocycles. The number of carbonyl (C=O) groups excluding carboxylic acids is 1. The molecule has 7 heteroatoms. The maximum Gasteiger partial charge on any atom is 0.236 e. The highest BCUT2D eigenvalue weighted by Gasteiger charge is 2.27. The highest BCUT2D eigenvalue weighted by Crippen LogP contribution is 2.24. The predicted octanol–water partition coefficient (Wildman–Crippen LogP) is 3.63. The summed E-state index contributed by atoms with van der Waals surface area (Å²) in [7, 11) is 0. The molecule has 3 aromatic rings. The molecule has 0 bridgehead atoms. The highest BCUT2D eigenvalue weighted by atomic mass is 35.5. The molecule has 1 fully saturated rings. The summed E-state index contributed by atoms with van der Waals surface area (Å²) in [5.41, 5.74) is 3.36. The Hall–Kier alpha value is -3.24. The van der Waals surface area contributed by atoms with Gasteiger partial charge in [-0.3, -0.25) is 14.7 Å². The molecule has 0 spiro atoms. The lowest BCUT2D eigenvalue weighted by atomic mass is 9.91. The number of hydrogen-bond donors (Lipinski definition) is 1. The second kappa shape index (κ2) is 12.9. The Morgan fingerprint density at radius 1 is 0.912 bits per heavy atom. The summed E-state index contributed by atoms with van der Waals surface area (Å²) in [5, 5.41) is 13.0. The van der Waals surface area contributed by atoms with E-state index in [0.717, 1.165) is 5.56 Å². The molecule has 0 aliphatic carbocycles. The van der Waals surface area contributed by atoms with Gasteiger partial charge in [-0.05, 0) is 17.2 Å². The molecule has 1 aliphatic heterocycles. The summed E-state index contributed by atoms with van der Waals surface area (Å²) in [6, 6.07) is 26.6. The van der Waals surface area contributed by atoms with Crippen molar-refractivity contribution in [2.24, 2.45) is 0 Å². The van der Waals surface area contributed by atoms with Crippen molar-refractivity contribution >= 4 is 18.3 Å². The predicted molar refractivity (Wildman–Crippen MR) is 136 cm³/mol. The Morgan fingerprint density at radius 3 is 2.03 bits per heavy atom. The third-order valence-corrected chi connectivity index (χ3v) is 6.18. The van der Waals surface area contributed by atoms with Crippen molar-refractivity contribution < 1.29 is 4.79 Å². The SMILES string of the molecule is Cl.N#CC(c1cccnc1)N1CCN(C(=O)CNCC(c2ccccc2)c2ccccc2)CC1. The number of rotatable bonds is 8. The molecule has 1 atom stereocenters. The Kier molecular flexibility index (Phi) is 9.60. The maximum absolute atomic E-state index is 12.8. The summed E-state index contributed by atoms with van der Waals surface area (Å²) in [6.07, 6.45) is 3.45. The molecule has 1 saturated heterocycles. The number of nitrogens with zero attached hydrogens (tertiary/aromatic N) is 4. The van der Waals surface area contributed by atoms with Crippen LogP contribution in [-0.4, -0.2) is 60.0 Å². The molecule has 1 amide bonds. The van der Waals surface area contributed by atoms with E-state index in [1.54, 1.807) is 12.4 Å². The maximum atomic E-state index is 12.8. The third kappa shape index (κ3) is 6.42. The smallest absolute Gasteiger partial charge is 0.236 e. The van der Waals surface area contributed by atoms with Gasteiger partial charge in [-0.1, -0.05) is 66.7 Å². The van der Waals surface area contributed by atoms with Crippen LogP contribution in [-0.2, 0) is 4.79 Å². The number of nitrogens with one attached hydrogen (secondary N) is 1. The second-order valence-corrected chi connectivity index (χ2v) is 8.24. The number of benzene rings is 2. The lowest BCUT2D eigenvalue weighted by molar-refractivity contribution is -0.132. The minimum atomic E-state index is -0.327. The Bertz CT molecular complexity index is 1010. The number of carbonyl (C=O) groups is 1. The number of aromatic nitrogens is 1. The Morgan fingerprint density at radius 2 is 1.50 bits per heavy atom. The van der Waals surface area contributed by atoms with Crippen LogP contribution in [0.1, 0.15) is 28.7 Å². The van der Waals surface area contributed by atoms with E-state index in [1.165, 1.54) is 11.1 Å². The lowest BCUT2D eigenvalue weighted by Gasteiger charge is -2.37. The molecule has 176 valence electrons. The van der Waals surface area contributed by atoms with Crippen LogP contribution in [0.25, 0.3) is 0 Å². The van der Waals surface area contributed by atoms with Gasteiger partial charge < -0.3 is 10.2 Å². The van der Waals surface area contributed by atoms with E-state index >= 15 is 0 Å². The summed E-state index contributed by atoms with van der Waals surface area (Å²) in [6.45, 7) is 3.60. The zero-order valence-corrected chi connectivity index (χ0v) is 19.9.